The second kappa shape index (κ2) is 4.97. The molecule has 0 radical (unpaired) electrons. The van der Waals surface area contributed by atoms with Gasteiger partial charge in [0.1, 0.15) is 0 Å². The molecule has 3 N–H and O–H groups in total. The van der Waals surface area contributed by atoms with Crippen LogP contribution in [0.4, 0.5) is 0 Å². The highest BCUT2D eigenvalue weighted by molar-refractivity contribution is 7.11. The summed E-state index contributed by atoms with van der Waals surface area (Å²) in [7, 11) is 0. The molecule has 1 heterocycles. The quantitative estimate of drug-likeness (QED) is 0.843. The molecule has 1 aromatic heterocycles. The van der Waals surface area contributed by atoms with Gasteiger partial charge in [0.05, 0.1) is 6.54 Å². The van der Waals surface area contributed by atoms with Crippen LogP contribution in [0.3, 0.4) is 0 Å². The zero-order valence-electron chi connectivity index (χ0n) is 9.53. The highest BCUT2D eigenvalue weighted by Crippen LogP contribution is 2.24. The summed E-state index contributed by atoms with van der Waals surface area (Å²) in [5, 5.41) is 2.99. The normalized spacial score (nSPS) is 24.6. The van der Waals surface area contributed by atoms with E-state index in [1.807, 2.05) is 0 Å². The SMILES string of the molecule is Cc1ccc(CNC(=O)C2CCC(N)C2)s1. The summed E-state index contributed by atoms with van der Waals surface area (Å²) in [5.74, 6) is 0.301. The molecule has 4 heteroatoms. The van der Waals surface area contributed by atoms with Gasteiger partial charge in [0, 0.05) is 21.7 Å². The number of carbonyl (C=O) groups excluding carboxylic acids is 1. The molecule has 1 saturated carbocycles. The third-order valence-corrected chi connectivity index (χ3v) is 4.08. The van der Waals surface area contributed by atoms with Gasteiger partial charge >= 0.3 is 0 Å². The van der Waals surface area contributed by atoms with Crippen LogP contribution >= 0.6 is 11.3 Å². The first kappa shape index (κ1) is 11.6. The van der Waals surface area contributed by atoms with Crippen LogP contribution in [0, 0.1) is 12.8 Å². The molecule has 1 aliphatic carbocycles. The van der Waals surface area contributed by atoms with Crippen LogP contribution in [0.5, 0.6) is 0 Å². The Hall–Kier alpha value is -0.870. The van der Waals surface area contributed by atoms with Crippen molar-refractivity contribution in [1.29, 1.82) is 0 Å². The Morgan fingerprint density at radius 1 is 1.56 bits per heavy atom. The minimum Gasteiger partial charge on any atom is -0.351 e. The van der Waals surface area contributed by atoms with Gasteiger partial charge in [-0.1, -0.05) is 0 Å². The largest absolute Gasteiger partial charge is 0.351 e. The van der Waals surface area contributed by atoms with Gasteiger partial charge in [0.2, 0.25) is 5.91 Å². The monoisotopic (exact) mass is 238 g/mol. The van der Waals surface area contributed by atoms with Crippen LogP contribution in [-0.4, -0.2) is 11.9 Å². The zero-order chi connectivity index (χ0) is 11.5. The van der Waals surface area contributed by atoms with Gasteiger partial charge < -0.3 is 11.1 Å². The lowest BCUT2D eigenvalue weighted by Crippen LogP contribution is -2.29. The van der Waals surface area contributed by atoms with Crippen molar-refractivity contribution in [2.24, 2.45) is 11.7 Å². The van der Waals surface area contributed by atoms with Gasteiger partial charge in [-0.15, -0.1) is 11.3 Å². The molecule has 2 rings (SSSR count). The maximum absolute atomic E-state index is 11.8. The highest BCUT2D eigenvalue weighted by atomic mass is 32.1. The Morgan fingerprint density at radius 2 is 2.38 bits per heavy atom. The van der Waals surface area contributed by atoms with Crippen molar-refractivity contribution in [3.05, 3.63) is 21.9 Å². The molecule has 16 heavy (non-hydrogen) atoms. The van der Waals surface area contributed by atoms with Gasteiger partial charge in [-0.25, -0.2) is 0 Å². The molecular formula is C12H18N2OS. The molecule has 2 unspecified atom stereocenters. The Labute approximate surface area is 100 Å². The van der Waals surface area contributed by atoms with Crippen LogP contribution in [0.1, 0.15) is 29.0 Å². The summed E-state index contributed by atoms with van der Waals surface area (Å²) >= 11 is 1.73. The van der Waals surface area contributed by atoms with Crippen LogP contribution in [0.15, 0.2) is 12.1 Å². The van der Waals surface area contributed by atoms with E-state index < -0.39 is 0 Å². The maximum atomic E-state index is 11.8. The summed E-state index contributed by atoms with van der Waals surface area (Å²) in [6, 6.07) is 4.37. The third kappa shape index (κ3) is 2.83. The lowest BCUT2D eigenvalue weighted by molar-refractivity contribution is -0.124. The molecule has 1 fully saturated rings. The second-order valence-electron chi connectivity index (χ2n) is 4.50. The predicted molar refractivity (Wildman–Crippen MR) is 66.2 cm³/mol. The van der Waals surface area contributed by atoms with Crippen LogP contribution in [-0.2, 0) is 11.3 Å². The van der Waals surface area contributed by atoms with E-state index in [0.29, 0.717) is 6.54 Å². The molecule has 3 nitrogen and oxygen atoms in total. The summed E-state index contributed by atoms with van der Waals surface area (Å²) in [6.45, 7) is 2.73. The summed E-state index contributed by atoms with van der Waals surface area (Å²) in [4.78, 5) is 14.3. The fourth-order valence-corrected chi connectivity index (χ4v) is 2.98. The standard InChI is InChI=1S/C12H18N2OS/c1-8-2-5-11(16-8)7-14-12(15)9-3-4-10(13)6-9/h2,5,9-10H,3-4,6-7,13H2,1H3,(H,14,15). The summed E-state index contributed by atoms with van der Waals surface area (Å²) in [5.41, 5.74) is 5.80. The number of carbonyl (C=O) groups is 1. The van der Waals surface area contributed by atoms with Crippen molar-refractivity contribution in [2.75, 3.05) is 0 Å². The number of amides is 1. The summed E-state index contributed by atoms with van der Waals surface area (Å²) in [6.07, 6.45) is 2.77. The van der Waals surface area contributed by atoms with Crippen molar-refractivity contribution in [3.63, 3.8) is 0 Å². The molecule has 2 atom stereocenters. The highest BCUT2D eigenvalue weighted by Gasteiger charge is 2.27. The Morgan fingerprint density at radius 3 is 2.94 bits per heavy atom. The smallest absolute Gasteiger partial charge is 0.223 e. The maximum Gasteiger partial charge on any atom is 0.223 e. The number of nitrogens with two attached hydrogens (primary N) is 1. The van der Waals surface area contributed by atoms with E-state index in [-0.39, 0.29) is 17.9 Å². The summed E-state index contributed by atoms with van der Waals surface area (Å²) < 4.78 is 0. The average Bonchev–Trinajstić information content (AvgIpc) is 2.84. The van der Waals surface area contributed by atoms with Crippen molar-refractivity contribution in [3.8, 4) is 0 Å². The molecule has 1 aliphatic rings. The second-order valence-corrected chi connectivity index (χ2v) is 5.87. The Kier molecular flexibility index (Phi) is 3.61. The molecule has 0 bridgehead atoms. The first-order valence-corrected chi connectivity index (χ1v) is 6.55. The fourth-order valence-electron chi connectivity index (χ4n) is 2.15. The average molecular weight is 238 g/mol. The van der Waals surface area contributed by atoms with E-state index >= 15 is 0 Å². The molecule has 0 saturated heterocycles. The van der Waals surface area contributed by atoms with E-state index in [1.165, 1.54) is 9.75 Å². The Bertz CT molecular complexity index is 375. The Balaban J connectivity index is 1.80. The van der Waals surface area contributed by atoms with E-state index in [4.69, 9.17) is 5.73 Å². The lowest BCUT2D eigenvalue weighted by atomic mass is 10.1. The molecular weight excluding hydrogens is 220 g/mol. The first-order chi connectivity index (χ1) is 7.65. The molecule has 1 amide bonds. The van der Waals surface area contributed by atoms with Gasteiger partial charge in [0.15, 0.2) is 0 Å². The van der Waals surface area contributed by atoms with E-state index in [2.05, 4.69) is 24.4 Å². The topological polar surface area (TPSA) is 55.1 Å². The van der Waals surface area contributed by atoms with Gasteiger partial charge in [-0.05, 0) is 38.3 Å². The third-order valence-electron chi connectivity index (χ3n) is 3.08. The fraction of sp³-hybridized carbons (Fsp3) is 0.583. The van der Waals surface area contributed by atoms with Crippen molar-refractivity contribution in [2.45, 2.75) is 38.8 Å². The number of hydrogen-bond donors (Lipinski definition) is 2. The van der Waals surface area contributed by atoms with Crippen LogP contribution in [0.25, 0.3) is 0 Å². The zero-order valence-corrected chi connectivity index (χ0v) is 10.3. The molecule has 1 aromatic rings. The van der Waals surface area contributed by atoms with Crippen molar-refractivity contribution in [1.82, 2.24) is 5.32 Å². The molecule has 0 aliphatic heterocycles. The minimum absolute atomic E-state index is 0.135. The van der Waals surface area contributed by atoms with Gasteiger partial charge in [0.25, 0.3) is 0 Å². The molecule has 0 aromatic carbocycles. The number of aryl methyl sites for hydroxylation is 1. The van der Waals surface area contributed by atoms with Crippen LogP contribution in [0.2, 0.25) is 0 Å². The molecule has 88 valence electrons. The lowest BCUT2D eigenvalue weighted by Gasteiger charge is -2.09. The number of rotatable bonds is 3. The number of thiophene rings is 1. The van der Waals surface area contributed by atoms with E-state index in [1.54, 1.807) is 11.3 Å². The van der Waals surface area contributed by atoms with Gasteiger partial charge in [-0.2, -0.15) is 0 Å². The predicted octanol–water partition coefficient (Wildman–Crippen LogP) is 1.80. The number of hydrogen-bond acceptors (Lipinski definition) is 3. The first-order valence-electron chi connectivity index (χ1n) is 5.74. The van der Waals surface area contributed by atoms with Crippen molar-refractivity contribution < 1.29 is 4.79 Å². The van der Waals surface area contributed by atoms with Gasteiger partial charge in [-0.3, -0.25) is 4.79 Å². The number of nitrogens with one attached hydrogen (secondary N) is 1. The van der Waals surface area contributed by atoms with Crippen LogP contribution < -0.4 is 11.1 Å². The minimum atomic E-state index is 0.135. The van der Waals surface area contributed by atoms with E-state index in [0.717, 1.165) is 19.3 Å². The molecule has 0 spiro atoms. The van der Waals surface area contributed by atoms with E-state index in [9.17, 15) is 4.79 Å². The van der Waals surface area contributed by atoms with Crippen molar-refractivity contribution >= 4 is 17.2 Å².